The highest BCUT2D eigenvalue weighted by Crippen LogP contribution is 2.17. The van der Waals surface area contributed by atoms with Gasteiger partial charge in [0, 0.05) is 24.5 Å². The van der Waals surface area contributed by atoms with E-state index in [-0.39, 0.29) is 0 Å². The quantitative estimate of drug-likeness (QED) is 0.772. The Kier molecular flexibility index (Phi) is 3.88. The first kappa shape index (κ1) is 11.8. The number of para-hydroxylation sites is 1. The van der Waals surface area contributed by atoms with Crippen LogP contribution in [0.15, 0.2) is 30.6 Å². The van der Waals surface area contributed by atoms with Crippen LogP contribution in [0.4, 0.5) is 5.82 Å². The molecular weight excluding hydrogens is 212 g/mol. The highest BCUT2D eigenvalue weighted by Gasteiger charge is 2.01. The summed E-state index contributed by atoms with van der Waals surface area (Å²) in [4.78, 5) is 8.51. The maximum atomic E-state index is 4.27. The van der Waals surface area contributed by atoms with Crippen molar-refractivity contribution in [3.8, 4) is 0 Å². The second-order valence-corrected chi connectivity index (χ2v) is 4.28. The first-order valence-corrected chi connectivity index (χ1v) is 5.94. The van der Waals surface area contributed by atoms with E-state index in [2.05, 4.69) is 34.4 Å². The highest BCUT2D eigenvalue weighted by atomic mass is 15.0. The van der Waals surface area contributed by atoms with Crippen molar-refractivity contribution in [3.63, 3.8) is 0 Å². The van der Waals surface area contributed by atoms with Gasteiger partial charge in [-0.2, -0.15) is 0 Å². The topological polar surface area (TPSA) is 49.8 Å². The van der Waals surface area contributed by atoms with E-state index in [0.29, 0.717) is 6.04 Å². The van der Waals surface area contributed by atoms with Crippen molar-refractivity contribution >= 4 is 16.7 Å². The minimum Gasteiger partial charge on any atom is -0.368 e. The Morgan fingerprint density at radius 3 is 2.76 bits per heavy atom. The molecule has 0 spiro atoms. The lowest BCUT2D eigenvalue weighted by molar-refractivity contribution is 0.602. The maximum absolute atomic E-state index is 4.27. The second-order valence-electron chi connectivity index (χ2n) is 4.28. The summed E-state index contributed by atoms with van der Waals surface area (Å²) in [5, 5.41) is 7.76. The second kappa shape index (κ2) is 5.59. The molecule has 0 radical (unpaired) electrons. The van der Waals surface area contributed by atoms with E-state index in [1.165, 1.54) is 0 Å². The first-order chi connectivity index (χ1) is 8.27. The summed E-state index contributed by atoms with van der Waals surface area (Å²) in [7, 11) is 0. The van der Waals surface area contributed by atoms with Crippen LogP contribution < -0.4 is 10.6 Å². The third kappa shape index (κ3) is 3.14. The van der Waals surface area contributed by atoms with Gasteiger partial charge in [0.15, 0.2) is 0 Å². The van der Waals surface area contributed by atoms with Crippen molar-refractivity contribution in [3.05, 3.63) is 30.6 Å². The van der Waals surface area contributed by atoms with E-state index in [1.54, 1.807) is 6.33 Å². The highest BCUT2D eigenvalue weighted by molar-refractivity contribution is 5.88. The maximum Gasteiger partial charge on any atom is 0.137 e. The summed E-state index contributed by atoms with van der Waals surface area (Å²) < 4.78 is 0. The van der Waals surface area contributed by atoms with Crippen LogP contribution in [-0.2, 0) is 0 Å². The predicted octanol–water partition coefficient (Wildman–Crippen LogP) is 2.04. The number of nitrogens with zero attached hydrogens (tertiary/aromatic N) is 2. The lowest BCUT2D eigenvalue weighted by atomic mass is 10.2. The summed E-state index contributed by atoms with van der Waals surface area (Å²) in [5.41, 5.74) is 0.974. The molecule has 0 amide bonds. The van der Waals surface area contributed by atoms with Crippen LogP contribution in [-0.4, -0.2) is 29.1 Å². The molecule has 90 valence electrons. The molecule has 0 saturated heterocycles. The molecule has 4 heteroatoms. The van der Waals surface area contributed by atoms with E-state index in [1.807, 2.05) is 24.3 Å². The van der Waals surface area contributed by atoms with Gasteiger partial charge in [-0.15, -0.1) is 0 Å². The molecule has 17 heavy (non-hydrogen) atoms. The Morgan fingerprint density at radius 1 is 1.12 bits per heavy atom. The summed E-state index contributed by atoms with van der Waals surface area (Å²) in [6.45, 7) is 6.06. The van der Waals surface area contributed by atoms with Gasteiger partial charge in [0.05, 0.1) is 5.52 Å². The monoisotopic (exact) mass is 230 g/mol. The number of hydrogen-bond acceptors (Lipinski definition) is 4. The van der Waals surface area contributed by atoms with Crippen LogP contribution in [0.3, 0.4) is 0 Å². The van der Waals surface area contributed by atoms with Gasteiger partial charge in [-0.05, 0) is 12.1 Å². The van der Waals surface area contributed by atoms with Crippen LogP contribution in [0.1, 0.15) is 13.8 Å². The third-order valence-electron chi connectivity index (χ3n) is 2.51. The van der Waals surface area contributed by atoms with Gasteiger partial charge in [-0.25, -0.2) is 9.97 Å². The molecule has 0 aliphatic heterocycles. The van der Waals surface area contributed by atoms with E-state index < -0.39 is 0 Å². The van der Waals surface area contributed by atoms with Crippen molar-refractivity contribution in [2.45, 2.75) is 19.9 Å². The van der Waals surface area contributed by atoms with Gasteiger partial charge >= 0.3 is 0 Å². The van der Waals surface area contributed by atoms with Crippen LogP contribution in [0.2, 0.25) is 0 Å². The zero-order valence-corrected chi connectivity index (χ0v) is 10.3. The molecule has 1 aromatic carbocycles. The molecule has 0 aliphatic rings. The molecule has 2 N–H and O–H groups in total. The fourth-order valence-electron chi connectivity index (χ4n) is 1.69. The molecule has 0 unspecified atom stereocenters. The van der Waals surface area contributed by atoms with E-state index in [0.717, 1.165) is 29.8 Å². The van der Waals surface area contributed by atoms with Crippen molar-refractivity contribution in [2.75, 3.05) is 18.4 Å². The first-order valence-electron chi connectivity index (χ1n) is 5.94. The SMILES string of the molecule is CC(C)NCCNc1ncnc2ccccc12. The number of benzene rings is 1. The Morgan fingerprint density at radius 2 is 1.94 bits per heavy atom. The number of fused-ring (bicyclic) bond motifs is 1. The molecule has 0 bridgehead atoms. The molecular formula is C13H18N4. The zero-order valence-electron chi connectivity index (χ0n) is 10.3. The molecule has 0 atom stereocenters. The molecule has 4 nitrogen and oxygen atoms in total. The third-order valence-corrected chi connectivity index (χ3v) is 2.51. The summed E-state index contributed by atoms with van der Waals surface area (Å²) in [6.07, 6.45) is 1.60. The summed E-state index contributed by atoms with van der Waals surface area (Å²) in [5.74, 6) is 0.904. The Bertz CT molecular complexity index is 476. The van der Waals surface area contributed by atoms with Crippen LogP contribution in [0, 0.1) is 0 Å². The molecule has 2 aromatic rings. The fraction of sp³-hybridized carbons (Fsp3) is 0.385. The molecule has 0 fully saturated rings. The smallest absolute Gasteiger partial charge is 0.137 e. The predicted molar refractivity (Wildman–Crippen MR) is 71.2 cm³/mol. The zero-order chi connectivity index (χ0) is 12.1. The number of hydrogen-bond donors (Lipinski definition) is 2. The molecule has 0 aliphatic carbocycles. The molecule has 0 saturated carbocycles. The summed E-state index contributed by atoms with van der Waals surface area (Å²) in [6, 6.07) is 8.53. The van der Waals surface area contributed by atoms with E-state index in [9.17, 15) is 0 Å². The lowest BCUT2D eigenvalue weighted by Gasteiger charge is -2.10. The number of nitrogens with one attached hydrogen (secondary N) is 2. The van der Waals surface area contributed by atoms with Gasteiger partial charge in [-0.3, -0.25) is 0 Å². The largest absolute Gasteiger partial charge is 0.368 e. The number of anilines is 1. The lowest BCUT2D eigenvalue weighted by Crippen LogP contribution is -2.28. The molecule has 1 heterocycles. The summed E-state index contributed by atoms with van der Waals surface area (Å²) >= 11 is 0. The number of aromatic nitrogens is 2. The molecule has 1 aromatic heterocycles. The van der Waals surface area contributed by atoms with Crippen molar-refractivity contribution < 1.29 is 0 Å². The van der Waals surface area contributed by atoms with Gasteiger partial charge in [-0.1, -0.05) is 26.0 Å². The van der Waals surface area contributed by atoms with Crippen molar-refractivity contribution in [1.82, 2.24) is 15.3 Å². The van der Waals surface area contributed by atoms with Crippen molar-refractivity contribution in [2.24, 2.45) is 0 Å². The average molecular weight is 230 g/mol. The standard InChI is InChI=1S/C13H18N4/c1-10(2)14-7-8-15-13-11-5-3-4-6-12(11)16-9-17-13/h3-6,9-10,14H,7-8H2,1-2H3,(H,15,16,17). The van der Waals surface area contributed by atoms with E-state index in [4.69, 9.17) is 0 Å². The van der Waals surface area contributed by atoms with Gasteiger partial charge < -0.3 is 10.6 Å². The van der Waals surface area contributed by atoms with E-state index >= 15 is 0 Å². The normalized spacial score (nSPS) is 11.0. The van der Waals surface area contributed by atoms with Crippen molar-refractivity contribution in [1.29, 1.82) is 0 Å². The molecule has 2 rings (SSSR count). The minimum absolute atomic E-state index is 0.513. The average Bonchev–Trinajstić information content (AvgIpc) is 2.34. The van der Waals surface area contributed by atoms with Gasteiger partial charge in [0.25, 0.3) is 0 Å². The fourth-order valence-corrected chi connectivity index (χ4v) is 1.69. The van der Waals surface area contributed by atoms with Gasteiger partial charge in [0.1, 0.15) is 12.1 Å². The van der Waals surface area contributed by atoms with Crippen LogP contribution in [0.5, 0.6) is 0 Å². The minimum atomic E-state index is 0.513. The number of rotatable bonds is 5. The van der Waals surface area contributed by atoms with Crippen LogP contribution >= 0.6 is 0 Å². The van der Waals surface area contributed by atoms with Crippen LogP contribution in [0.25, 0.3) is 10.9 Å². The Balaban J connectivity index is 2.03. The Hall–Kier alpha value is -1.68. The van der Waals surface area contributed by atoms with Gasteiger partial charge in [0.2, 0.25) is 0 Å². The Labute approximate surface area is 101 Å².